The highest BCUT2D eigenvalue weighted by Gasteiger charge is 2.29. The van der Waals surface area contributed by atoms with Gasteiger partial charge in [0.2, 0.25) is 0 Å². The van der Waals surface area contributed by atoms with Gasteiger partial charge in [0, 0.05) is 11.6 Å². The lowest BCUT2D eigenvalue weighted by atomic mass is 10.1. The molecule has 0 spiro atoms. The molecule has 7 nitrogen and oxygen atoms in total. The van der Waals surface area contributed by atoms with Gasteiger partial charge >= 0.3 is 0 Å². The third kappa shape index (κ3) is 8.37. The molecule has 0 radical (unpaired) electrons. The number of nitro groups is 1. The van der Waals surface area contributed by atoms with Crippen LogP contribution in [0.2, 0.25) is 0 Å². The lowest BCUT2D eigenvalue weighted by Crippen LogP contribution is -2.50. The molecule has 0 saturated heterocycles. The van der Waals surface area contributed by atoms with Crippen LogP contribution in [0.15, 0.2) is 48.5 Å². The Balaban J connectivity index is 0. The first-order valence-corrected chi connectivity index (χ1v) is 8.42. The van der Waals surface area contributed by atoms with E-state index in [1.807, 2.05) is 19.1 Å². The molecular weight excluding hydrogens is 441 g/mol. The van der Waals surface area contributed by atoms with Gasteiger partial charge in [-0.3, -0.25) is 24.7 Å². The minimum absolute atomic E-state index is 0. The number of halogens is 3. The number of nitrogens with two attached hydrogens (primary N) is 1. The number of aryl methyl sites for hydroxylation is 1. The molecule has 2 N–H and O–H groups in total. The van der Waals surface area contributed by atoms with Crippen LogP contribution in [0.3, 0.4) is 0 Å². The summed E-state index contributed by atoms with van der Waals surface area (Å²) in [5.41, 5.74) is 0.666. The Hall–Kier alpha value is -2.19. The van der Waals surface area contributed by atoms with Gasteiger partial charge in [0.05, 0.1) is 10.5 Å². The third-order valence-corrected chi connectivity index (χ3v) is 3.83. The summed E-state index contributed by atoms with van der Waals surface area (Å²) in [7, 11) is 0. The van der Waals surface area contributed by atoms with E-state index in [1.165, 1.54) is 18.2 Å². The number of benzene rings is 2. The number of carbonyl (C=O) groups is 2. The SMILES string of the molecule is CC(C)(C)N(N)C(=O)c1ccccc1[N+](=O)[O-].Cc1ccccc1C(=O)Cl.Cl.Cl. The van der Waals surface area contributed by atoms with E-state index < -0.39 is 21.6 Å². The van der Waals surface area contributed by atoms with E-state index in [1.54, 1.807) is 39.0 Å². The molecule has 160 valence electrons. The van der Waals surface area contributed by atoms with Crippen LogP contribution < -0.4 is 5.84 Å². The summed E-state index contributed by atoms with van der Waals surface area (Å²) in [5.74, 6) is 5.09. The number of nitro benzene ring substituents is 1. The van der Waals surface area contributed by atoms with Crippen molar-refractivity contribution in [1.82, 2.24) is 5.01 Å². The van der Waals surface area contributed by atoms with Crippen molar-refractivity contribution in [3.8, 4) is 0 Å². The van der Waals surface area contributed by atoms with Gasteiger partial charge < -0.3 is 0 Å². The second-order valence-corrected chi connectivity index (χ2v) is 7.05. The van der Waals surface area contributed by atoms with Crippen LogP contribution in [0.1, 0.15) is 47.1 Å². The van der Waals surface area contributed by atoms with Gasteiger partial charge in [-0.1, -0.05) is 30.3 Å². The summed E-state index contributed by atoms with van der Waals surface area (Å²) in [6, 6.07) is 13.0. The number of amides is 1. The smallest absolute Gasteiger partial charge is 0.276 e. The molecule has 0 aromatic heterocycles. The van der Waals surface area contributed by atoms with Crippen molar-refractivity contribution in [2.75, 3.05) is 0 Å². The molecule has 2 rings (SSSR count). The van der Waals surface area contributed by atoms with Crippen LogP contribution in [0.5, 0.6) is 0 Å². The summed E-state index contributed by atoms with van der Waals surface area (Å²) in [6.45, 7) is 7.11. The van der Waals surface area contributed by atoms with Gasteiger partial charge in [-0.05, 0) is 57.0 Å². The maximum absolute atomic E-state index is 12.0. The van der Waals surface area contributed by atoms with Crippen molar-refractivity contribution in [3.63, 3.8) is 0 Å². The maximum Gasteiger partial charge on any atom is 0.282 e. The molecule has 2 aromatic carbocycles. The highest BCUT2D eigenvalue weighted by molar-refractivity contribution is 6.67. The monoisotopic (exact) mass is 463 g/mol. The fourth-order valence-corrected chi connectivity index (χ4v) is 2.25. The maximum atomic E-state index is 12.0. The molecule has 10 heteroatoms. The Morgan fingerprint density at radius 3 is 1.83 bits per heavy atom. The van der Waals surface area contributed by atoms with Crippen molar-refractivity contribution in [2.45, 2.75) is 33.2 Å². The Morgan fingerprint density at radius 1 is 1.00 bits per heavy atom. The molecule has 0 unspecified atom stereocenters. The van der Waals surface area contributed by atoms with Crippen molar-refractivity contribution >= 4 is 53.3 Å². The largest absolute Gasteiger partial charge is 0.282 e. The van der Waals surface area contributed by atoms with E-state index in [9.17, 15) is 19.7 Å². The van der Waals surface area contributed by atoms with E-state index in [0.29, 0.717) is 5.56 Å². The lowest BCUT2D eigenvalue weighted by molar-refractivity contribution is -0.385. The third-order valence-electron chi connectivity index (χ3n) is 3.63. The molecule has 29 heavy (non-hydrogen) atoms. The van der Waals surface area contributed by atoms with Gasteiger partial charge in [0.25, 0.3) is 16.8 Å². The normalized spacial score (nSPS) is 9.72. The van der Waals surface area contributed by atoms with Crippen LogP contribution in [-0.4, -0.2) is 26.6 Å². The van der Waals surface area contributed by atoms with Gasteiger partial charge in [-0.2, -0.15) is 0 Å². The zero-order valence-corrected chi connectivity index (χ0v) is 18.8. The average Bonchev–Trinajstić information content (AvgIpc) is 2.60. The van der Waals surface area contributed by atoms with Crippen LogP contribution in [0, 0.1) is 17.0 Å². The first kappa shape index (κ1) is 29.0. The van der Waals surface area contributed by atoms with E-state index in [4.69, 9.17) is 17.4 Å². The minimum atomic E-state index is -0.596. The van der Waals surface area contributed by atoms with Gasteiger partial charge in [-0.15, -0.1) is 24.8 Å². The number of para-hydroxylation sites is 1. The van der Waals surface area contributed by atoms with E-state index in [2.05, 4.69) is 0 Å². The van der Waals surface area contributed by atoms with E-state index in [-0.39, 0.29) is 36.1 Å². The summed E-state index contributed by atoms with van der Waals surface area (Å²) < 4.78 is 0. The van der Waals surface area contributed by atoms with Crippen molar-refractivity contribution in [2.24, 2.45) is 5.84 Å². The standard InChI is InChI=1S/C11H15N3O3.C8H7ClO.2ClH/c1-11(2,3)13(12)10(15)8-6-4-5-7-9(8)14(16)17;1-6-4-2-3-5-7(6)8(9)10;;/h4-7H,12H2,1-3H3;2-5H,1H3;2*1H. The first-order valence-electron chi connectivity index (χ1n) is 8.05. The molecule has 0 aliphatic rings. The fourth-order valence-electron chi connectivity index (χ4n) is 2.04. The topological polar surface area (TPSA) is 107 Å². The molecule has 1 amide bonds. The first-order chi connectivity index (χ1) is 12.5. The summed E-state index contributed by atoms with van der Waals surface area (Å²) in [5, 5.41) is 11.4. The van der Waals surface area contributed by atoms with Crippen LogP contribution >= 0.6 is 36.4 Å². The molecule has 0 heterocycles. The van der Waals surface area contributed by atoms with Crippen LogP contribution in [-0.2, 0) is 0 Å². The number of rotatable bonds is 3. The molecule has 0 aliphatic heterocycles. The fraction of sp³-hybridized carbons (Fsp3) is 0.263. The van der Waals surface area contributed by atoms with Gasteiger partial charge in [-0.25, -0.2) is 5.84 Å². The van der Waals surface area contributed by atoms with Crippen LogP contribution in [0.4, 0.5) is 5.69 Å². The van der Waals surface area contributed by atoms with Gasteiger partial charge in [0.15, 0.2) is 0 Å². The summed E-state index contributed by atoms with van der Waals surface area (Å²) in [4.78, 5) is 32.8. The second-order valence-electron chi connectivity index (χ2n) is 6.71. The summed E-state index contributed by atoms with van der Waals surface area (Å²) in [6.07, 6.45) is 0. The Kier molecular flexibility index (Phi) is 12.4. The predicted octanol–water partition coefficient (Wildman–Crippen LogP) is 4.93. The number of carbonyl (C=O) groups excluding carboxylic acids is 2. The van der Waals surface area contributed by atoms with Crippen molar-refractivity contribution < 1.29 is 14.5 Å². The minimum Gasteiger partial charge on any atom is -0.276 e. The predicted molar refractivity (Wildman–Crippen MR) is 119 cm³/mol. The molecule has 0 fully saturated rings. The van der Waals surface area contributed by atoms with E-state index in [0.717, 1.165) is 10.6 Å². The van der Waals surface area contributed by atoms with Crippen LogP contribution in [0.25, 0.3) is 0 Å². The quantitative estimate of drug-likeness (QED) is 0.228. The Bertz CT molecular complexity index is 855. The Morgan fingerprint density at radius 2 is 1.45 bits per heavy atom. The molecular formula is C19H24Cl3N3O4. The molecule has 0 atom stereocenters. The number of hydrogen-bond donors (Lipinski definition) is 1. The number of hydrogen-bond acceptors (Lipinski definition) is 5. The zero-order valence-electron chi connectivity index (χ0n) is 16.4. The molecule has 2 aromatic rings. The highest BCUT2D eigenvalue weighted by atomic mass is 35.5. The Labute approximate surface area is 187 Å². The van der Waals surface area contributed by atoms with Gasteiger partial charge in [0.1, 0.15) is 5.56 Å². The summed E-state index contributed by atoms with van der Waals surface area (Å²) >= 11 is 5.27. The number of hydrazine groups is 1. The van der Waals surface area contributed by atoms with Crippen molar-refractivity contribution in [1.29, 1.82) is 0 Å². The van der Waals surface area contributed by atoms with E-state index >= 15 is 0 Å². The highest BCUT2D eigenvalue weighted by Crippen LogP contribution is 2.21. The zero-order chi connectivity index (χ0) is 20.8. The molecule has 0 bridgehead atoms. The second kappa shape index (κ2) is 12.4. The molecule has 0 saturated carbocycles. The molecule has 0 aliphatic carbocycles. The van der Waals surface area contributed by atoms with Crippen molar-refractivity contribution in [3.05, 3.63) is 75.3 Å². The lowest BCUT2D eigenvalue weighted by Gasteiger charge is -2.30. The number of nitrogens with zero attached hydrogens (tertiary/aromatic N) is 2. The average molecular weight is 465 g/mol.